The fraction of sp³-hybridized carbons (Fsp3) is 0.261. The lowest BCUT2D eigenvalue weighted by atomic mass is 9.95. The molecule has 29 heavy (non-hydrogen) atoms. The van der Waals surface area contributed by atoms with Crippen molar-refractivity contribution < 1.29 is 4.79 Å². The van der Waals surface area contributed by atoms with Crippen molar-refractivity contribution in [2.24, 2.45) is 0 Å². The van der Waals surface area contributed by atoms with Crippen LogP contribution in [0.15, 0.2) is 54.7 Å². The molecule has 1 aliphatic rings. The van der Waals surface area contributed by atoms with Gasteiger partial charge in [-0.3, -0.25) is 9.78 Å². The number of nitrogens with one attached hydrogen (secondary N) is 1. The van der Waals surface area contributed by atoms with Crippen LogP contribution in [0.25, 0.3) is 22.5 Å². The number of amides is 1. The highest BCUT2D eigenvalue weighted by Crippen LogP contribution is 2.36. The SMILES string of the molecule is O=C(NC1CCCCC1)c1cnc(-c2ccccc2Cl)c(-c2ccccc2Cl)n1. The van der Waals surface area contributed by atoms with E-state index in [4.69, 9.17) is 23.2 Å². The third-order valence-corrected chi connectivity index (χ3v) is 5.86. The summed E-state index contributed by atoms with van der Waals surface area (Å²) in [7, 11) is 0. The quantitative estimate of drug-likeness (QED) is 0.542. The van der Waals surface area contributed by atoms with Crippen molar-refractivity contribution in [3.05, 3.63) is 70.5 Å². The zero-order valence-corrected chi connectivity index (χ0v) is 17.4. The Bertz CT molecular complexity index is 1030. The fourth-order valence-corrected chi connectivity index (χ4v) is 4.15. The van der Waals surface area contributed by atoms with Crippen LogP contribution >= 0.6 is 23.2 Å². The van der Waals surface area contributed by atoms with Crippen LogP contribution in [-0.2, 0) is 0 Å². The molecule has 1 aromatic heterocycles. The summed E-state index contributed by atoms with van der Waals surface area (Å²) in [6, 6.07) is 15.0. The Morgan fingerprint density at radius 2 is 1.45 bits per heavy atom. The van der Waals surface area contributed by atoms with Crippen LogP contribution in [0.3, 0.4) is 0 Å². The first-order valence-electron chi connectivity index (χ1n) is 9.81. The summed E-state index contributed by atoms with van der Waals surface area (Å²) in [5.41, 5.74) is 2.87. The van der Waals surface area contributed by atoms with Gasteiger partial charge in [-0.15, -0.1) is 0 Å². The average molecular weight is 426 g/mol. The molecule has 0 spiro atoms. The summed E-state index contributed by atoms with van der Waals surface area (Å²) >= 11 is 12.9. The van der Waals surface area contributed by atoms with Crippen molar-refractivity contribution in [3.63, 3.8) is 0 Å². The van der Waals surface area contributed by atoms with Crippen LogP contribution in [0.2, 0.25) is 10.0 Å². The van der Waals surface area contributed by atoms with Crippen molar-refractivity contribution in [1.82, 2.24) is 15.3 Å². The van der Waals surface area contributed by atoms with E-state index in [1.54, 1.807) is 12.1 Å². The molecule has 2 aromatic carbocycles. The maximum atomic E-state index is 12.8. The zero-order valence-electron chi connectivity index (χ0n) is 15.9. The topological polar surface area (TPSA) is 54.9 Å². The molecule has 4 rings (SSSR count). The van der Waals surface area contributed by atoms with Crippen molar-refractivity contribution in [2.75, 3.05) is 0 Å². The van der Waals surface area contributed by atoms with Gasteiger partial charge >= 0.3 is 0 Å². The van der Waals surface area contributed by atoms with Gasteiger partial charge in [-0.05, 0) is 25.0 Å². The van der Waals surface area contributed by atoms with Gasteiger partial charge in [0.15, 0.2) is 0 Å². The van der Waals surface area contributed by atoms with E-state index in [-0.39, 0.29) is 17.6 Å². The van der Waals surface area contributed by atoms with E-state index in [2.05, 4.69) is 15.3 Å². The van der Waals surface area contributed by atoms with E-state index in [0.717, 1.165) is 31.2 Å². The number of benzene rings is 2. The second-order valence-corrected chi connectivity index (χ2v) is 8.03. The molecule has 0 saturated heterocycles. The summed E-state index contributed by atoms with van der Waals surface area (Å²) in [5.74, 6) is -0.205. The second kappa shape index (κ2) is 8.93. The molecule has 0 unspecified atom stereocenters. The molecule has 1 amide bonds. The average Bonchev–Trinajstić information content (AvgIpc) is 2.75. The predicted molar refractivity (Wildman–Crippen MR) is 117 cm³/mol. The number of rotatable bonds is 4. The zero-order chi connectivity index (χ0) is 20.2. The number of hydrogen-bond donors (Lipinski definition) is 1. The van der Waals surface area contributed by atoms with Gasteiger partial charge in [-0.1, -0.05) is 78.9 Å². The molecule has 1 heterocycles. The molecule has 4 nitrogen and oxygen atoms in total. The Morgan fingerprint density at radius 1 is 0.862 bits per heavy atom. The van der Waals surface area contributed by atoms with Crippen molar-refractivity contribution >= 4 is 29.1 Å². The van der Waals surface area contributed by atoms with Gasteiger partial charge in [-0.25, -0.2) is 4.98 Å². The summed E-state index contributed by atoms with van der Waals surface area (Å²) in [6.45, 7) is 0. The van der Waals surface area contributed by atoms with Gasteiger partial charge in [0.2, 0.25) is 0 Å². The molecule has 0 atom stereocenters. The predicted octanol–water partition coefficient (Wildman–Crippen LogP) is 6.18. The first kappa shape index (κ1) is 19.9. The lowest BCUT2D eigenvalue weighted by molar-refractivity contribution is 0.0922. The highest BCUT2D eigenvalue weighted by Gasteiger charge is 2.21. The number of nitrogens with zero attached hydrogens (tertiary/aromatic N) is 2. The minimum absolute atomic E-state index is 0.199. The molecule has 1 saturated carbocycles. The third-order valence-electron chi connectivity index (χ3n) is 5.20. The lowest BCUT2D eigenvalue weighted by Gasteiger charge is -2.22. The Balaban J connectivity index is 1.76. The maximum Gasteiger partial charge on any atom is 0.271 e. The first-order chi connectivity index (χ1) is 14.1. The number of carbonyl (C=O) groups is 1. The Kier molecular flexibility index (Phi) is 6.12. The molecule has 1 fully saturated rings. The van der Waals surface area contributed by atoms with Gasteiger partial charge in [-0.2, -0.15) is 0 Å². The van der Waals surface area contributed by atoms with Crippen molar-refractivity contribution in [2.45, 2.75) is 38.1 Å². The normalized spacial score (nSPS) is 14.6. The second-order valence-electron chi connectivity index (χ2n) is 7.22. The highest BCUT2D eigenvalue weighted by atomic mass is 35.5. The minimum atomic E-state index is -0.205. The van der Waals surface area contributed by atoms with Crippen LogP contribution in [0.1, 0.15) is 42.6 Å². The van der Waals surface area contributed by atoms with E-state index >= 15 is 0 Å². The van der Waals surface area contributed by atoms with Crippen LogP contribution in [-0.4, -0.2) is 21.9 Å². The van der Waals surface area contributed by atoms with Gasteiger partial charge in [0.05, 0.1) is 27.6 Å². The van der Waals surface area contributed by atoms with Gasteiger partial charge in [0.25, 0.3) is 5.91 Å². The van der Waals surface area contributed by atoms with E-state index in [0.29, 0.717) is 27.0 Å². The minimum Gasteiger partial charge on any atom is -0.348 e. The molecular weight excluding hydrogens is 405 g/mol. The summed E-state index contributed by atoms with van der Waals surface area (Å²) < 4.78 is 0. The van der Waals surface area contributed by atoms with E-state index < -0.39 is 0 Å². The van der Waals surface area contributed by atoms with Gasteiger partial charge < -0.3 is 5.32 Å². The molecule has 6 heteroatoms. The van der Waals surface area contributed by atoms with E-state index in [1.165, 1.54) is 12.6 Å². The van der Waals surface area contributed by atoms with Crippen LogP contribution in [0.5, 0.6) is 0 Å². The third kappa shape index (κ3) is 4.44. The molecule has 1 aliphatic carbocycles. The number of carbonyl (C=O) groups excluding carboxylic acids is 1. The standard InChI is InChI=1S/C23H21Cl2N3O/c24-18-12-6-4-10-16(18)21-22(17-11-5-7-13-19(17)25)28-20(14-26-21)23(29)27-15-8-2-1-3-9-15/h4-7,10-15H,1-3,8-9H2,(H,27,29). The van der Waals surface area contributed by atoms with Crippen molar-refractivity contribution in [1.29, 1.82) is 0 Å². The Labute approximate surface area is 180 Å². The molecular formula is C23H21Cl2N3O. The Morgan fingerprint density at radius 3 is 2.07 bits per heavy atom. The molecule has 0 aliphatic heterocycles. The van der Waals surface area contributed by atoms with E-state index in [9.17, 15) is 4.79 Å². The summed E-state index contributed by atoms with van der Waals surface area (Å²) in [6.07, 6.45) is 7.05. The largest absolute Gasteiger partial charge is 0.348 e. The smallest absolute Gasteiger partial charge is 0.271 e. The monoisotopic (exact) mass is 425 g/mol. The molecule has 0 bridgehead atoms. The number of halogens is 2. The van der Waals surface area contributed by atoms with Gasteiger partial charge in [0, 0.05) is 17.2 Å². The van der Waals surface area contributed by atoms with Crippen LogP contribution in [0.4, 0.5) is 0 Å². The first-order valence-corrected chi connectivity index (χ1v) is 10.6. The Hall–Kier alpha value is -2.43. The lowest BCUT2D eigenvalue weighted by Crippen LogP contribution is -2.36. The van der Waals surface area contributed by atoms with Crippen LogP contribution < -0.4 is 5.32 Å². The highest BCUT2D eigenvalue weighted by molar-refractivity contribution is 6.34. The fourth-order valence-electron chi connectivity index (χ4n) is 3.70. The number of aromatic nitrogens is 2. The van der Waals surface area contributed by atoms with Crippen LogP contribution in [0, 0.1) is 0 Å². The maximum absolute atomic E-state index is 12.8. The summed E-state index contributed by atoms with van der Waals surface area (Å²) in [4.78, 5) is 22.1. The van der Waals surface area contributed by atoms with Crippen molar-refractivity contribution in [3.8, 4) is 22.5 Å². The molecule has 148 valence electrons. The molecule has 3 aromatic rings. The van der Waals surface area contributed by atoms with E-state index in [1.807, 2.05) is 36.4 Å². The molecule has 0 radical (unpaired) electrons. The number of hydrogen-bond acceptors (Lipinski definition) is 3. The molecule has 1 N–H and O–H groups in total. The summed E-state index contributed by atoms with van der Waals surface area (Å²) in [5, 5.41) is 4.20. The van der Waals surface area contributed by atoms with Gasteiger partial charge in [0.1, 0.15) is 5.69 Å².